The van der Waals surface area contributed by atoms with Crippen LogP contribution in [0.4, 0.5) is 0 Å². The van der Waals surface area contributed by atoms with Gasteiger partial charge in [-0.3, -0.25) is 4.79 Å². The number of rotatable bonds is 6. The number of carbonyl (C=O) groups is 1. The van der Waals surface area contributed by atoms with Gasteiger partial charge < -0.3 is 0 Å². The highest BCUT2D eigenvalue weighted by Gasteiger charge is 2.12. The van der Waals surface area contributed by atoms with Crippen molar-refractivity contribution in [3.05, 3.63) is 64.7 Å². The highest BCUT2D eigenvalue weighted by Crippen LogP contribution is 2.14. The van der Waals surface area contributed by atoms with E-state index < -0.39 is 10.0 Å². The molecular formula is C16H16ClNO3S. The molecule has 0 heterocycles. The number of sulfonamides is 1. The highest BCUT2D eigenvalue weighted by molar-refractivity contribution is 7.89. The first-order chi connectivity index (χ1) is 10.4. The summed E-state index contributed by atoms with van der Waals surface area (Å²) >= 11 is 5.74. The summed E-state index contributed by atoms with van der Waals surface area (Å²) in [5, 5.41) is 0.490. The lowest BCUT2D eigenvalue weighted by atomic mass is 10.1. The van der Waals surface area contributed by atoms with Crippen LogP contribution in [0.15, 0.2) is 53.4 Å². The topological polar surface area (TPSA) is 63.2 Å². The van der Waals surface area contributed by atoms with Crippen molar-refractivity contribution >= 4 is 27.4 Å². The van der Waals surface area contributed by atoms with E-state index in [0.29, 0.717) is 17.0 Å². The molecule has 1 N–H and O–H groups in total. The van der Waals surface area contributed by atoms with Crippen LogP contribution in [0.5, 0.6) is 0 Å². The third-order valence-corrected chi connectivity index (χ3v) is 4.92. The van der Waals surface area contributed by atoms with Crippen LogP contribution in [0.3, 0.4) is 0 Å². The van der Waals surface area contributed by atoms with E-state index >= 15 is 0 Å². The molecular weight excluding hydrogens is 322 g/mol. The fourth-order valence-electron chi connectivity index (χ4n) is 1.93. The molecule has 4 nitrogen and oxygen atoms in total. The smallest absolute Gasteiger partial charge is 0.240 e. The van der Waals surface area contributed by atoms with Gasteiger partial charge >= 0.3 is 0 Å². The molecule has 0 amide bonds. The second-order valence-corrected chi connectivity index (χ2v) is 7.06. The third kappa shape index (κ3) is 4.40. The van der Waals surface area contributed by atoms with Crippen LogP contribution in [0.25, 0.3) is 0 Å². The zero-order valence-electron chi connectivity index (χ0n) is 12.0. The van der Waals surface area contributed by atoms with Crippen LogP contribution in [0.2, 0.25) is 5.02 Å². The average molecular weight is 338 g/mol. The number of hydrogen-bond donors (Lipinski definition) is 1. The third-order valence-electron chi connectivity index (χ3n) is 3.19. The van der Waals surface area contributed by atoms with Gasteiger partial charge in [-0.15, -0.1) is 0 Å². The first-order valence-corrected chi connectivity index (χ1v) is 8.60. The summed E-state index contributed by atoms with van der Waals surface area (Å²) in [6, 6.07) is 13.1. The Bertz CT molecular complexity index is 753. The van der Waals surface area contributed by atoms with Crippen molar-refractivity contribution < 1.29 is 13.2 Å². The lowest BCUT2D eigenvalue weighted by Crippen LogP contribution is -2.25. The minimum absolute atomic E-state index is 0.00925. The SMILES string of the molecule is CC(=O)c1ccc(CCNS(=O)(=O)c2ccc(Cl)cc2)cc1. The molecule has 2 aromatic rings. The molecule has 22 heavy (non-hydrogen) atoms. The summed E-state index contributed by atoms with van der Waals surface area (Å²) in [4.78, 5) is 11.4. The van der Waals surface area contributed by atoms with Crippen LogP contribution >= 0.6 is 11.6 Å². The van der Waals surface area contributed by atoms with E-state index in [1.54, 1.807) is 12.1 Å². The van der Waals surface area contributed by atoms with E-state index in [2.05, 4.69) is 4.72 Å². The Morgan fingerprint density at radius 2 is 1.64 bits per heavy atom. The maximum absolute atomic E-state index is 12.1. The summed E-state index contributed by atoms with van der Waals surface area (Å²) in [6.07, 6.45) is 0.547. The molecule has 0 unspecified atom stereocenters. The molecule has 0 saturated heterocycles. The van der Waals surface area contributed by atoms with Crippen molar-refractivity contribution in [2.45, 2.75) is 18.2 Å². The molecule has 2 aromatic carbocycles. The molecule has 0 aliphatic rings. The zero-order valence-corrected chi connectivity index (χ0v) is 13.6. The van der Waals surface area contributed by atoms with Gasteiger partial charge in [0.1, 0.15) is 0 Å². The molecule has 0 aromatic heterocycles. The van der Waals surface area contributed by atoms with E-state index in [4.69, 9.17) is 11.6 Å². The standard InChI is InChI=1S/C16H16ClNO3S/c1-12(19)14-4-2-13(3-5-14)10-11-18-22(20,21)16-8-6-15(17)7-9-16/h2-9,18H,10-11H2,1H3. The van der Waals surface area contributed by atoms with E-state index in [1.165, 1.54) is 31.2 Å². The average Bonchev–Trinajstić information content (AvgIpc) is 2.48. The van der Waals surface area contributed by atoms with Crippen molar-refractivity contribution in [1.29, 1.82) is 0 Å². The summed E-state index contributed by atoms with van der Waals surface area (Å²) in [5.74, 6) is 0.00925. The maximum Gasteiger partial charge on any atom is 0.240 e. The number of nitrogens with one attached hydrogen (secondary N) is 1. The van der Waals surface area contributed by atoms with Gasteiger partial charge in [-0.25, -0.2) is 13.1 Å². The molecule has 0 saturated carbocycles. The Kier molecular flexibility index (Phi) is 5.34. The molecule has 0 atom stereocenters. The molecule has 0 bridgehead atoms. The number of hydrogen-bond acceptors (Lipinski definition) is 3. The van der Waals surface area contributed by atoms with Gasteiger partial charge in [0.2, 0.25) is 10.0 Å². The molecule has 0 fully saturated rings. The number of halogens is 1. The van der Waals surface area contributed by atoms with Crippen LogP contribution in [0.1, 0.15) is 22.8 Å². The zero-order chi connectivity index (χ0) is 16.2. The molecule has 0 radical (unpaired) electrons. The van der Waals surface area contributed by atoms with E-state index in [1.807, 2.05) is 12.1 Å². The summed E-state index contributed by atoms with van der Waals surface area (Å²) in [5.41, 5.74) is 1.61. The van der Waals surface area contributed by atoms with Crippen LogP contribution in [0, 0.1) is 0 Å². The van der Waals surface area contributed by atoms with E-state index in [-0.39, 0.29) is 17.2 Å². The fraction of sp³-hybridized carbons (Fsp3) is 0.188. The molecule has 0 aliphatic carbocycles. The summed E-state index contributed by atoms with van der Waals surface area (Å²) in [7, 11) is -3.53. The number of ketones is 1. The first kappa shape index (κ1) is 16.7. The number of Topliss-reactive ketones (excluding diaryl/α,β-unsaturated/α-hetero) is 1. The Labute approximate surface area is 135 Å². The van der Waals surface area contributed by atoms with Crippen molar-refractivity contribution in [2.75, 3.05) is 6.54 Å². The van der Waals surface area contributed by atoms with Crippen LogP contribution in [-0.4, -0.2) is 20.7 Å². The quantitative estimate of drug-likeness (QED) is 0.824. The number of benzene rings is 2. The molecule has 0 spiro atoms. The number of carbonyl (C=O) groups excluding carboxylic acids is 1. The Balaban J connectivity index is 1.95. The van der Waals surface area contributed by atoms with Gasteiger partial charge in [-0.1, -0.05) is 35.9 Å². The van der Waals surface area contributed by atoms with Gasteiger partial charge in [0, 0.05) is 17.1 Å². The Hall–Kier alpha value is -1.69. The van der Waals surface area contributed by atoms with E-state index in [9.17, 15) is 13.2 Å². The Morgan fingerprint density at radius 3 is 2.18 bits per heavy atom. The largest absolute Gasteiger partial charge is 0.295 e. The van der Waals surface area contributed by atoms with Gasteiger partial charge in [0.25, 0.3) is 0 Å². The predicted molar refractivity (Wildman–Crippen MR) is 86.8 cm³/mol. The van der Waals surface area contributed by atoms with Gasteiger partial charge in [-0.05, 0) is 43.2 Å². The molecule has 116 valence electrons. The molecule has 2 rings (SSSR count). The summed E-state index contributed by atoms with van der Waals surface area (Å²) < 4.78 is 26.7. The molecule has 0 aliphatic heterocycles. The highest BCUT2D eigenvalue weighted by atomic mass is 35.5. The van der Waals surface area contributed by atoms with Gasteiger partial charge in [0.05, 0.1) is 4.90 Å². The molecule has 6 heteroatoms. The minimum atomic E-state index is -3.53. The van der Waals surface area contributed by atoms with Crippen molar-refractivity contribution in [2.24, 2.45) is 0 Å². The van der Waals surface area contributed by atoms with Crippen molar-refractivity contribution in [1.82, 2.24) is 4.72 Å². The van der Waals surface area contributed by atoms with E-state index in [0.717, 1.165) is 5.56 Å². The first-order valence-electron chi connectivity index (χ1n) is 6.73. The van der Waals surface area contributed by atoms with Gasteiger partial charge in [-0.2, -0.15) is 0 Å². The second kappa shape index (κ2) is 7.05. The normalized spacial score (nSPS) is 11.4. The Morgan fingerprint density at radius 1 is 1.05 bits per heavy atom. The van der Waals surface area contributed by atoms with Crippen molar-refractivity contribution in [3.8, 4) is 0 Å². The monoisotopic (exact) mass is 337 g/mol. The lowest BCUT2D eigenvalue weighted by molar-refractivity contribution is 0.101. The lowest BCUT2D eigenvalue weighted by Gasteiger charge is -2.07. The second-order valence-electron chi connectivity index (χ2n) is 4.85. The summed E-state index contributed by atoms with van der Waals surface area (Å²) in [6.45, 7) is 1.79. The van der Waals surface area contributed by atoms with Crippen LogP contribution in [-0.2, 0) is 16.4 Å². The minimum Gasteiger partial charge on any atom is -0.295 e. The maximum atomic E-state index is 12.1. The van der Waals surface area contributed by atoms with Gasteiger partial charge in [0.15, 0.2) is 5.78 Å². The van der Waals surface area contributed by atoms with Crippen LogP contribution < -0.4 is 4.72 Å². The fourth-order valence-corrected chi connectivity index (χ4v) is 3.09. The van der Waals surface area contributed by atoms with Crippen molar-refractivity contribution in [3.63, 3.8) is 0 Å². The predicted octanol–water partition coefficient (Wildman–Crippen LogP) is 3.06.